The normalized spacial score (nSPS) is 11.2. The highest BCUT2D eigenvalue weighted by atomic mass is 32.2. The Kier molecular flexibility index (Phi) is 4.49. The first-order valence-electron chi connectivity index (χ1n) is 5.19. The van der Waals surface area contributed by atoms with Gasteiger partial charge in [0.1, 0.15) is 5.75 Å². The maximum atomic E-state index is 11.7. The predicted molar refractivity (Wildman–Crippen MR) is 61.0 cm³/mol. The Balaban J connectivity index is 2.79. The van der Waals surface area contributed by atoms with Crippen LogP contribution in [0.15, 0.2) is 21.6 Å². The van der Waals surface area contributed by atoms with Crippen molar-refractivity contribution in [3.63, 3.8) is 0 Å². The number of carboxylic acid groups (broad SMARTS) is 1. The maximum absolute atomic E-state index is 11.7. The lowest BCUT2D eigenvalue weighted by atomic mass is 10.5. The molecule has 0 aromatic carbocycles. The van der Waals surface area contributed by atoms with E-state index < -0.39 is 38.3 Å². The molecule has 1 heterocycles. The number of sulfone groups is 1. The molecule has 7 nitrogen and oxygen atoms in total. The monoisotopic (exact) mass is 275 g/mol. The second-order valence-electron chi connectivity index (χ2n) is 3.53. The molecule has 100 valence electrons. The first-order valence-corrected chi connectivity index (χ1v) is 6.84. The molecule has 8 heteroatoms. The summed E-state index contributed by atoms with van der Waals surface area (Å²) in [6, 6.07) is 2.05. The molecule has 0 atom stereocenters. The molecule has 1 amide bonds. The number of rotatable bonds is 6. The highest BCUT2D eigenvalue weighted by molar-refractivity contribution is 7.92. The zero-order valence-electron chi connectivity index (χ0n) is 9.67. The number of carbonyl (C=O) groups excluding carboxylic acids is 1. The van der Waals surface area contributed by atoms with Crippen molar-refractivity contribution in [2.75, 3.05) is 12.3 Å². The van der Waals surface area contributed by atoms with Crippen LogP contribution in [-0.4, -0.2) is 37.7 Å². The molecule has 0 saturated heterocycles. The van der Waals surface area contributed by atoms with Gasteiger partial charge in [-0.05, 0) is 18.6 Å². The number of carboxylic acids is 1. The Morgan fingerprint density at radius 1 is 1.39 bits per heavy atom. The number of aromatic carboxylic acids is 1. The topological polar surface area (TPSA) is 114 Å². The van der Waals surface area contributed by atoms with Gasteiger partial charge in [-0.2, -0.15) is 0 Å². The smallest absolute Gasteiger partial charge is 0.371 e. The van der Waals surface area contributed by atoms with Crippen molar-refractivity contribution >= 4 is 21.7 Å². The number of hydrogen-bond acceptors (Lipinski definition) is 5. The fraction of sp³-hybridized carbons (Fsp3) is 0.400. The second kappa shape index (κ2) is 5.67. The van der Waals surface area contributed by atoms with E-state index in [1.165, 1.54) is 0 Å². The van der Waals surface area contributed by atoms with E-state index in [0.29, 0.717) is 13.0 Å². The van der Waals surface area contributed by atoms with Crippen LogP contribution < -0.4 is 5.32 Å². The molecule has 1 rings (SSSR count). The largest absolute Gasteiger partial charge is 0.475 e. The number of hydrogen-bond donors (Lipinski definition) is 2. The highest BCUT2D eigenvalue weighted by Crippen LogP contribution is 2.15. The second-order valence-corrected chi connectivity index (χ2v) is 5.45. The van der Waals surface area contributed by atoms with E-state index in [1.807, 2.05) is 6.92 Å². The first-order chi connectivity index (χ1) is 8.36. The third-order valence-corrected chi connectivity index (χ3v) is 3.47. The Hall–Kier alpha value is -1.83. The van der Waals surface area contributed by atoms with Crippen molar-refractivity contribution in [3.8, 4) is 0 Å². The Morgan fingerprint density at radius 2 is 2.06 bits per heavy atom. The van der Waals surface area contributed by atoms with E-state index in [9.17, 15) is 18.0 Å². The standard InChI is InChI=1S/C10H13NO6S/c1-2-5-11-8(12)6-18(15,16)9-4-3-7(17-9)10(13)14/h3-4H,2,5-6H2,1H3,(H,11,12)(H,13,14). The predicted octanol–water partition coefficient (Wildman–Crippen LogP) is 0.278. The molecule has 0 saturated carbocycles. The Morgan fingerprint density at radius 3 is 2.56 bits per heavy atom. The van der Waals surface area contributed by atoms with E-state index in [0.717, 1.165) is 12.1 Å². The maximum Gasteiger partial charge on any atom is 0.371 e. The van der Waals surface area contributed by atoms with Crippen molar-refractivity contribution in [2.45, 2.75) is 18.4 Å². The van der Waals surface area contributed by atoms with Crippen LogP contribution >= 0.6 is 0 Å². The molecule has 0 bridgehead atoms. The van der Waals surface area contributed by atoms with Crippen LogP contribution in [0.2, 0.25) is 0 Å². The van der Waals surface area contributed by atoms with Crippen LogP contribution in [0.25, 0.3) is 0 Å². The number of furan rings is 1. The Bertz CT molecular complexity index is 544. The van der Waals surface area contributed by atoms with Crippen LogP contribution in [-0.2, 0) is 14.6 Å². The average molecular weight is 275 g/mol. The summed E-state index contributed by atoms with van der Waals surface area (Å²) in [6.07, 6.45) is 0.690. The molecule has 1 aromatic heterocycles. The first kappa shape index (κ1) is 14.2. The molecule has 0 radical (unpaired) electrons. The summed E-state index contributed by atoms with van der Waals surface area (Å²) in [5.74, 6) is -3.26. The summed E-state index contributed by atoms with van der Waals surface area (Å²) in [6.45, 7) is 2.22. The van der Waals surface area contributed by atoms with Gasteiger partial charge in [-0.1, -0.05) is 6.92 Å². The zero-order valence-corrected chi connectivity index (χ0v) is 10.5. The molecule has 0 aliphatic rings. The summed E-state index contributed by atoms with van der Waals surface area (Å²) in [5.41, 5.74) is 0. The van der Waals surface area contributed by atoms with Crippen molar-refractivity contribution in [1.82, 2.24) is 5.32 Å². The molecule has 1 aromatic rings. The molecule has 18 heavy (non-hydrogen) atoms. The van der Waals surface area contributed by atoms with Gasteiger partial charge < -0.3 is 14.8 Å². The minimum absolute atomic E-state index is 0.382. The molecule has 0 aliphatic carbocycles. The zero-order chi connectivity index (χ0) is 13.8. The minimum Gasteiger partial charge on any atom is -0.475 e. The van der Waals surface area contributed by atoms with E-state index in [2.05, 4.69) is 9.73 Å². The van der Waals surface area contributed by atoms with Gasteiger partial charge in [0.15, 0.2) is 0 Å². The van der Waals surface area contributed by atoms with E-state index in [1.54, 1.807) is 0 Å². The summed E-state index contributed by atoms with van der Waals surface area (Å²) in [7, 11) is -3.94. The minimum atomic E-state index is -3.94. The fourth-order valence-electron chi connectivity index (χ4n) is 1.16. The van der Waals surface area contributed by atoms with Gasteiger partial charge >= 0.3 is 5.97 Å². The molecule has 0 fully saturated rings. The lowest BCUT2D eigenvalue weighted by Crippen LogP contribution is -2.30. The van der Waals surface area contributed by atoms with E-state index in [-0.39, 0.29) is 0 Å². The average Bonchev–Trinajstić information content (AvgIpc) is 2.75. The molecular weight excluding hydrogens is 262 g/mol. The van der Waals surface area contributed by atoms with Crippen molar-refractivity contribution < 1.29 is 27.5 Å². The van der Waals surface area contributed by atoms with Gasteiger partial charge in [0.2, 0.25) is 26.6 Å². The fourth-order valence-corrected chi connectivity index (χ4v) is 2.24. The van der Waals surface area contributed by atoms with Crippen LogP contribution in [0.1, 0.15) is 23.9 Å². The molecule has 0 spiro atoms. The number of amides is 1. The lowest BCUT2D eigenvalue weighted by Gasteiger charge is -2.02. The third kappa shape index (κ3) is 3.59. The molecule has 2 N–H and O–H groups in total. The van der Waals surface area contributed by atoms with E-state index >= 15 is 0 Å². The van der Waals surface area contributed by atoms with Gasteiger partial charge in [-0.15, -0.1) is 0 Å². The van der Waals surface area contributed by atoms with Crippen LogP contribution in [0.4, 0.5) is 0 Å². The van der Waals surface area contributed by atoms with Crippen LogP contribution in [0.5, 0.6) is 0 Å². The quantitative estimate of drug-likeness (QED) is 0.770. The van der Waals surface area contributed by atoms with Gasteiger partial charge in [-0.25, -0.2) is 13.2 Å². The number of nitrogens with one attached hydrogen (secondary N) is 1. The molecule has 0 aliphatic heterocycles. The van der Waals surface area contributed by atoms with Crippen LogP contribution in [0.3, 0.4) is 0 Å². The van der Waals surface area contributed by atoms with Crippen molar-refractivity contribution in [1.29, 1.82) is 0 Å². The van der Waals surface area contributed by atoms with Gasteiger partial charge in [-0.3, -0.25) is 4.79 Å². The summed E-state index contributed by atoms with van der Waals surface area (Å²) in [4.78, 5) is 21.8. The van der Waals surface area contributed by atoms with Crippen molar-refractivity contribution in [3.05, 3.63) is 17.9 Å². The molecular formula is C10H13NO6S. The van der Waals surface area contributed by atoms with Crippen molar-refractivity contribution in [2.24, 2.45) is 0 Å². The lowest BCUT2D eigenvalue weighted by molar-refractivity contribution is -0.118. The third-order valence-electron chi connectivity index (χ3n) is 1.99. The van der Waals surface area contributed by atoms with E-state index in [4.69, 9.17) is 5.11 Å². The van der Waals surface area contributed by atoms with Gasteiger partial charge in [0, 0.05) is 6.54 Å². The summed E-state index contributed by atoms with van der Waals surface area (Å²) in [5, 5.41) is 10.5. The molecule has 0 unspecified atom stereocenters. The van der Waals surface area contributed by atoms with Gasteiger partial charge in [0.05, 0.1) is 0 Å². The Labute approximate surface area is 104 Å². The number of carbonyl (C=O) groups is 2. The van der Waals surface area contributed by atoms with Crippen LogP contribution in [0, 0.1) is 0 Å². The summed E-state index contributed by atoms with van der Waals surface area (Å²) >= 11 is 0. The van der Waals surface area contributed by atoms with Gasteiger partial charge in [0.25, 0.3) is 0 Å². The highest BCUT2D eigenvalue weighted by Gasteiger charge is 2.24. The summed E-state index contributed by atoms with van der Waals surface area (Å²) < 4.78 is 28.0. The SMILES string of the molecule is CCCNC(=O)CS(=O)(=O)c1ccc(C(=O)O)o1.